The van der Waals surface area contributed by atoms with Crippen molar-refractivity contribution < 1.29 is 0 Å². The lowest BCUT2D eigenvalue weighted by Crippen LogP contribution is -1.97. The van der Waals surface area contributed by atoms with E-state index in [9.17, 15) is 0 Å². The van der Waals surface area contributed by atoms with Gasteiger partial charge in [-0.25, -0.2) is 0 Å². The maximum absolute atomic E-state index is 2.51. The van der Waals surface area contributed by atoms with Crippen LogP contribution in [-0.2, 0) is 0 Å². The minimum Gasteiger partial charge on any atom is -0.0811 e. The normalized spacial score (nSPS) is 13.7. The van der Waals surface area contributed by atoms with Gasteiger partial charge >= 0.3 is 0 Å². The third-order valence-electron chi connectivity index (χ3n) is 3.49. The first-order valence-corrected chi connectivity index (χ1v) is 8.15. The van der Waals surface area contributed by atoms with Crippen LogP contribution in [0.4, 0.5) is 0 Å². The molecule has 0 saturated carbocycles. The van der Waals surface area contributed by atoms with Crippen LogP contribution in [0.3, 0.4) is 0 Å². The van der Waals surface area contributed by atoms with E-state index in [4.69, 9.17) is 0 Å². The largest absolute Gasteiger partial charge is 0.0811 e. The van der Waals surface area contributed by atoms with Crippen molar-refractivity contribution >= 4 is 0 Å². The number of hydrogen-bond donors (Lipinski definition) is 0. The van der Waals surface area contributed by atoms with Gasteiger partial charge in [-0.3, -0.25) is 0 Å². The fraction of sp³-hybridized carbons (Fsp3) is 0.778. The van der Waals surface area contributed by atoms with Crippen molar-refractivity contribution in [3.05, 3.63) is 22.8 Å². The number of rotatable bonds is 10. The molecule has 0 spiro atoms. The zero-order valence-corrected chi connectivity index (χ0v) is 13.4. The standard InChI is InChI=1S/C18H34/c1-6-11-15-17(13-8-3)18(14-9-4)16(10-5)12-7-2/h15H,6-14H2,1-5H3. The summed E-state index contributed by atoms with van der Waals surface area (Å²) in [6.45, 7) is 11.5. The van der Waals surface area contributed by atoms with Crippen LogP contribution in [0.5, 0.6) is 0 Å². The molecule has 0 N–H and O–H groups in total. The van der Waals surface area contributed by atoms with Gasteiger partial charge in [0.1, 0.15) is 0 Å². The highest BCUT2D eigenvalue weighted by molar-refractivity contribution is 5.35. The second kappa shape index (κ2) is 11.6. The van der Waals surface area contributed by atoms with Crippen molar-refractivity contribution in [1.29, 1.82) is 0 Å². The molecule has 0 aliphatic heterocycles. The van der Waals surface area contributed by atoms with Gasteiger partial charge in [0.25, 0.3) is 0 Å². The molecule has 0 atom stereocenters. The number of unbranched alkanes of at least 4 members (excludes halogenated alkanes) is 1. The van der Waals surface area contributed by atoms with Crippen LogP contribution < -0.4 is 0 Å². The van der Waals surface area contributed by atoms with E-state index in [1.807, 2.05) is 0 Å². The molecule has 0 unspecified atom stereocenters. The van der Waals surface area contributed by atoms with Crippen LogP contribution in [0.2, 0.25) is 0 Å². The predicted octanol–water partition coefficient (Wildman–Crippen LogP) is 6.82. The fourth-order valence-electron chi connectivity index (χ4n) is 2.62. The molecule has 0 bridgehead atoms. The summed E-state index contributed by atoms with van der Waals surface area (Å²) in [5.41, 5.74) is 5.08. The van der Waals surface area contributed by atoms with E-state index < -0.39 is 0 Å². The first kappa shape index (κ1) is 17.5. The molecule has 0 aliphatic carbocycles. The molecule has 0 heteroatoms. The predicted molar refractivity (Wildman–Crippen MR) is 85.0 cm³/mol. The smallest absolute Gasteiger partial charge is 0.0279 e. The zero-order valence-electron chi connectivity index (χ0n) is 13.4. The first-order valence-electron chi connectivity index (χ1n) is 8.15. The zero-order chi connectivity index (χ0) is 13.8. The number of allylic oxidation sites excluding steroid dienone is 4. The maximum Gasteiger partial charge on any atom is -0.0279 e. The quantitative estimate of drug-likeness (QED) is 0.373. The highest BCUT2D eigenvalue weighted by atomic mass is 14.1. The molecule has 0 radical (unpaired) electrons. The Morgan fingerprint density at radius 1 is 0.722 bits per heavy atom. The Balaban J connectivity index is 5.21. The average Bonchev–Trinajstić information content (AvgIpc) is 2.39. The molecule has 0 heterocycles. The highest BCUT2D eigenvalue weighted by Gasteiger charge is 2.09. The minimum atomic E-state index is 1.23. The lowest BCUT2D eigenvalue weighted by atomic mass is 9.89. The van der Waals surface area contributed by atoms with Gasteiger partial charge < -0.3 is 0 Å². The van der Waals surface area contributed by atoms with E-state index in [2.05, 4.69) is 40.7 Å². The summed E-state index contributed by atoms with van der Waals surface area (Å²) in [7, 11) is 0. The summed E-state index contributed by atoms with van der Waals surface area (Å²) in [6.07, 6.45) is 13.9. The molecule has 106 valence electrons. The molecule has 0 saturated heterocycles. The molecule has 0 aromatic carbocycles. The van der Waals surface area contributed by atoms with Crippen molar-refractivity contribution in [2.24, 2.45) is 0 Å². The summed E-state index contributed by atoms with van der Waals surface area (Å²) in [5, 5.41) is 0. The molecular formula is C18H34. The Labute approximate surface area is 116 Å². The molecule has 0 aliphatic rings. The lowest BCUT2D eigenvalue weighted by molar-refractivity contribution is 0.781. The maximum atomic E-state index is 2.51. The van der Waals surface area contributed by atoms with Crippen LogP contribution in [0.15, 0.2) is 22.8 Å². The van der Waals surface area contributed by atoms with Crippen LogP contribution >= 0.6 is 0 Å². The van der Waals surface area contributed by atoms with Crippen molar-refractivity contribution in [1.82, 2.24) is 0 Å². The summed E-state index contributed by atoms with van der Waals surface area (Å²) < 4.78 is 0. The van der Waals surface area contributed by atoms with Gasteiger partial charge in [-0.15, -0.1) is 0 Å². The van der Waals surface area contributed by atoms with Crippen LogP contribution in [0.25, 0.3) is 0 Å². The van der Waals surface area contributed by atoms with E-state index in [0.29, 0.717) is 0 Å². The number of hydrogen-bond acceptors (Lipinski definition) is 0. The summed E-state index contributed by atoms with van der Waals surface area (Å²) in [4.78, 5) is 0. The molecule has 0 fully saturated rings. The molecule has 0 amide bonds. The van der Waals surface area contributed by atoms with Gasteiger partial charge in [-0.05, 0) is 43.3 Å². The van der Waals surface area contributed by atoms with E-state index >= 15 is 0 Å². The van der Waals surface area contributed by atoms with Crippen LogP contribution in [0, 0.1) is 0 Å². The lowest BCUT2D eigenvalue weighted by Gasteiger charge is -2.17. The van der Waals surface area contributed by atoms with Crippen molar-refractivity contribution in [2.75, 3.05) is 0 Å². The topological polar surface area (TPSA) is 0 Å². The SMILES string of the molecule is CCCC=C(CCC)C(CCC)=C(CC)CCC. The van der Waals surface area contributed by atoms with Gasteiger partial charge in [-0.1, -0.05) is 72.0 Å². The Kier molecular flexibility index (Phi) is 11.2. The second-order valence-corrected chi connectivity index (χ2v) is 5.20. The molecule has 0 rings (SSSR count). The Bertz CT molecular complexity index is 255. The molecule has 0 nitrogen and oxygen atoms in total. The monoisotopic (exact) mass is 250 g/mol. The molecule has 0 aromatic rings. The van der Waals surface area contributed by atoms with Gasteiger partial charge in [0.05, 0.1) is 0 Å². The van der Waals surface area contributed by atoms with Gasteiger partial charge in [0.2, 0.25) is 0 Å². The Morgan fingerprint density at radius 2 is 1.33 bits per heavy atom. The van der Waals surface area contributed by atoms with E-state index in [1.165, 1.54) is 57.8 Å². The van der Waals surface area contributed by atoms with Gasteiger partial charge in [-0.2, -0.15) is 0 Å². The van der Waals surface area contributed by atoms with Gasteiger partial charge in [0, 0.05) is 0 Å². The first-order chi connectivity index (χ1) is 8.74. The third-order valence-corrected chi connectivity index (χ3v) is 3.49. The molecule has 18 heavy (non-hydrogen) atoms. The van der Waals surface area contributed by atoms with E-state index in [-0.39, 0.29) is 0 Å². The third kappa shape index (κ3) is 6.42. The van der Waals surface area contributed by atoms with E-state index in [1.54, 1.807) is 16.7 Å². The highest BCUT2D eigenvalue weighted by Crippen LogP contribution is 2.29. The summed E-state index contributed by atoms with van der Waals surface area (Å²) >= 11 is 0. The summed E-state index contributed by atoms with van der Waals surface area (Å²) in [5.74, 6) is 0. The van der Waals surface area contributed by atoms with E-state index in [0.717, 1.165) is 0 Å². The molecular weight excluding hydrogens is 216 g/mol. The Hall–Kier alpha value is -0.520. The van der Waals surface area contributed by atoms with Crippen LogP contribution in [0.1, 0.15) is 92.4 Å². The summed E-state index contributed by atoms with van der Waals surface area (Å²) in [6, 6.07) is 0. The minimum absolute atomic E-state index is 1.23. The van der Waals surface area contributed by atoms with Crippen molar-refractivity contribution in [2.45, 2.75) is 92.4 Å². The van der Waals surface area contributed by atoms with Crippen LogP contribution in [-0.4, -0.2) is 0 Å². The van der Waals surface area contributed by atoms with Crippen molar-refractivity contribution in [3.8, 4) is 0 Å². The average molecular weight is 250 g/mol. The fourth-order valence-corrected chi connectivity index (χ4v) is 2.62. The second-order valence-electron chi connectivity index (χ2n) is 5.20. The molecule has 0 aromatic heterocycles. The Morgan fingerprint density at radius 3 is 1.78 bits per heavy atom. The van der Waals surface area contributed by atoms with Crippen molar-refractivity contribution in [3.63, 3.8) is 0 Å². The van der Waals surface area contributed by atoms with Gasteiger partial charge in [0.15, 0.2) is 0 Å².